The summed E-state index contributed by atoms with van der Waals surface area (Å²) in [5.41, 5.74) is 7.52. The predicted octanol–water partition coefficient (Wildman–Crippen LogP) is 2.68. The summed E-state index contributed by atoms with van der Waals surface area (Å²) in [5.74, 6) is -0.188. The Morgan fingerprint density at radius 3 is 2.94 bits per heavy atom. The van der Waals surface area contributed by atoms with Gasteiger partial charge in [0.15, 0.2) is 0 Å². The minimum atomic E-state index is -0.188. The second-order valence-corrected chi connectivity index (χ2v) is 5.13. The lowest BCUT2D eigenvalue weighted by Gasteiger charge is -1.99. The van der Waals surface area contributed by atoms with Crippen molar-refractivity contribution in [3.63, 3.8) is 0 Å². The lowest BCUT2D eigenvalue weighted by molar-refractivity contribution is 0.626. The van der Waals surface area contributed by atoms with E-state index in [1.165, 1.54) is 10.9 Å². The first kappa shape index (κ1) is 12.2. The third kappa shape index (κ3) is 3.11. The zero-order valence-corrected chi connectivity index (χ0v) is 10.6. The van der Waals surface area contributed by atoms with Crippen molar-refractivity contribution in [2.24, 2.45) is 5.73 Å². The molecule has 90 valence electrons. The number of nitrogens with zero attached hydrogens (tertiary/aromatic N) is 1. The Labute approximate surface area is 104 Å². The maximum absolute atomic E-state index is 13.1. The SMILES string of the molecule is Cc1nc(CCN)sc1Cc1cccc(F)c1. The lowest BCUT2D eigenvalue weighted by Crippen LogP contribution is -2.01. The molecular formula is C13H15FN2S. The van der Waals surface area contributed by atoms with Crippen molar-refractivity contribution in [2.75, 3.05) is 6.54 Å². The largest absolute Gasteiger partial charge is 0.330 e. The molecular weight excluding hydrogens is 235 g/mol. The molecule has 0 unspecified atom stereocenters. The van der Waals surface area contributed by atoms with E-state index in [2.05, 4.69) is 4.98 Å². The standard InChI is InChI=1S/C13H15FN2S/c1-9-12(17-13(16-9)5-6-15)8-10-3-2-4-11(14)7-10/h2-4,7H,5-6,8,15H2,1H3. The lowest BCUT2D eigenvalue weighted by atomic mass is 10.1. The molecule has 0 spiro atoms. The molecule has 4 heteroatoms. The highest BCUT2D eigenvalue weighted by atomic mass is 32.1. The summed E-state index contributed by atoms with van der Waals surface area (Å²) in [4.78, 5) is 5.66. The summed E-state index contributed by atoms with van der Waals surface area (Å²) in [6.45, 7) is 2.61. The average molecular weight is 250 g/mol. The van der Waals surface area contributed by atoms with E-state index in [0.717, 1.165) is 29.1 Å². The number of aromatic nitrogens is 1. The number of benzene rings is 1. The molecule has 1 aromatic carbocycles. The fraction of sp³-hybridized carbons (Fsp3) is 0.308. The number of aryl methyl sites for hydroxylation is 1. The second-order valence-electron chi connectivity index (χ2n) is 3.96. The molecule has 0 saturated heterocycles. The van der Waals surface area contributed by atoms with E-state index in [1.807, 2.05) is 13.0 Å². The van der Waals surface area contributed by atoms with E-state index in [1.54, 1.807) is 23.5 Å². The number of halogens is 1. The molecule has 0 bridgehead atoms. The predicted molar refractivity (Wildman–Crippen MR) is 68.8 cm³/mol. The van der Waals surface area contributed by atoms with Crippen LogP contribution >= 0.6 is 11.3 Å². The highest BCUT2D eigenvalue weighted by Gasteiger charge is 2.08. The van der Waals surface area contributed by atoms with Crippen molar-refractivity contribution >= 4 is 11.3 Å². The van der Waals surface area contributed by atoms with Crippen LogP contribution in [0.15, 0.2) is 24.3 Å². The second kappa shape index (κ2) is 5.38. The van der Waals surface area contributed by atoms with E-state index < -0.39 is 0 Å². The fourth-order valence-corrected chi connectivity index (χ4v) is 2.83. The van der Waals surface area contributed by atoms with Gasteiger partial charge in [0.05, 0.1) is 10.7 Å². The third-order valence-electron chi connectivity index (χ3n) is 2.55. The summed E-state index contributed by atoms with van der Waals surface area (Å²) in [7, 11) is 0. The van der Waals surface area contributed by atoms with Gasteiger partial charge in [-0.3, -0.25) is 0 Å². The van der Waals surface area contributed by atoms with Crippen LogP contribution in [-0.2, 0) is 12.8 Å². The summed E-state index contributed by atoms with van der Waals surface area (Å²) < 4.78 is 13.1. The van der Waals surface area contributed by atoms with E-state index in [-0.39, 0.29) is 5.82 Å². The van der Waals surface area contributed by atoms with Crippen LogP contribution in [0.25, 0.3) is 0 Å². The Hall–Kier alpha value is -1.26. The smallest absolute Gasteiger partial charge is 0.123 e. The minimum Gasteiger partial charge on any atom is -0.330 e. The zero-order chi connectivity index (χ0) is 12.3. The highest BCUT2D eigenvalue weighted by molar-refractivity contribution is 7.11. The van der Waals surface area contributed by atoms with Gasteiger partial charge >= 0.3 is 0 Å². The summed E-state index contributed by atoms with van der Waals surface area (Å²) >= 11 is 1.67. The number of hydrogen-bond acceptors (Lipinski definition) is 3. The molecule has 0 aliphatic rings. The van der Waals surface area contributed by atoms with Crippen LogP contribution in [0, 0.1) is 12.7 Å². The van der Waals surface area contributed by atoms with E-state index in [9.17, 15) is 4.39 Å². The number of thiazole rings is 1. The maximum Gasteiger partial charge on any atom is 0.123 e. The molecule has 0 radical (unpaired) electrons. The van der Waals surface area contributed by atoms with Crippen LogP contribution in [0.3, 0.4) is 0 Å². The van der Waals surface area contributed by atoms with Gasteiger partial charge in [-0.2, -0.15) is 0 Å². The van der Waals surface area contributed by atoms with Crippen molar-refractivity contribution < 1.29 is 4.39 Å². The fourth-order valence-electron chi connectivity index (χ4n) is 1.72. The van der Waals surface area contributed by atoms with Crippen molar-refractivity contribution in [2.45, 2.75) is 19.8 Å². The molecule has 2 rings (SSSR count). The Bertz CT molecular complexity index is 508. The first-order chi connectivity index (χ1) is 8.19. The van der Waals surface area contributed by atoms with Gasteiger partial charge in [-0.15, -0.1) is 11.3 Å². The summed E-state index contributed by atoms with van der Waals surface area (Å²) in [6.07, 6.45) is 1.56. The van der Waals surface area contributed by atoms with E-state index in [0.29, 0.717) is 6.54 Å². The Balaban J connectivity index is 2.18. The Morgan fingerprint density at radius 1 is 1.41 bits per heavy atom. The van der Waals surface area contributed by atoms with Gasteiger partial charge in [0.25, 0.3) is 0 Å². The molecule has 17 heavy (non-hydrogen) atoms. The molecule has 1 heterocycles. The van der Waals surface area contributed by atoms with E-state index >= 15 is 0 Å². The van der Waals surface area contributed by atoms with Gasteiger partial charge in [-0.1, -0.05) is 12.1 Å². The number of rotatable bonds is 4. The summed E-state index contributed by atoms with van der Waals surface area (Å²) in [5, 5.41) is 1.07. The molecule has 2 aromatic rings. The van der Waals surface area contributed by atoms with Crippen LogP contribution in [0.4, 0.5) is 4.39 Å². The van der Waals surface area contributed by atoms with Crippen LogP contribution in [0.2, 0.25) is 0 Å². The topological polar surface area (TPSA) is 38.9 Å². The van der Waals surface area contributed by atoms with Crippen molar-refractivity contribution in [3.05, 3.63) is 51.2 Å². The molecule has 0 aliphatic carbocycles. The van der Waals surface area contributed by atoms with Gasteiger partial charge in [-0.05, 0) is 31.2 Å². The van der Waals surface area contributed by atoms with Crippen molar-refractivity contribution in [1.82, 2.24) is 4.98 Å². The van der Waals surface area contributed by atoms with Gasteiger partial charge in [0.2, 0.25) is 0 Å². The van der Waals surface area contributed by atoms with Gasteiger partial charge in [0, 0.05) is 17.7 Å². The first-order valence-electron chi connectivity index (χ1n) is 5.58. The van der Waals surface area contributed by atoms with E-state index in [4.69, 9.17) is 5.73 Å². The van der Waals surface area contributed by atoms with Crippen molar-refractivity contribution in [1.29, 1.82) is 0 Å². The first-order valence-corrected chi connectivity index (χ1v) is 6.40. The van der Waals surface area contributed by atoms with Gasteiger partial charge in [0.1, 0.15) is 5.82 Å². The molecule has 1 aromatic heterocycles. The number of hydrogen-bond donors (Lipinski definition) is 1. The van der Waals surface area contributed by atoms with Gasteiger partial charge < -0.3 is 5.73 Å². The third-order valence-corrected chi connectivity index (χ3v) is 3.77. The minimum absolute atomic E-state index is 0.188. The molecule has 2 N–H and O–H groups in total. The van der Waals surface area contributed by atoms with Crippen LogP contribution in [-0.4, -0.2) is 11.5 Å². The van der Waals surface area contributed by atoms with Gasteiger partial charge in [-0.25, -0.2) is 9.37 Å². The molecule has 0 fully saturated rings. The average Bonchev–Trinajstić information content (AvgIpc) is 2.60. The van der Waals surface area contributed by atoms with Crippen molar-refractivity contribution in [3.8, 4) is 0 Å². The monoisotopic (exact) mass is 250 g/mol. The summed E-state index contributed by atoms with van der Waals surface area (Å²) in [6, 6.07) is 6.71. The zero-order valence-electron chi connectivity index (χ0n) is 9.74. The maximum atomic E-state index is 13.1. The molecule has 0 atom stereocenters. The van der Waals surface area contributed by atoms with Crippen LogP contribution in [0.5, 0.6) is 0 Å². The Morgan fingerprint density at radius 2 is 2.24 bits per heavy atom. The van der Waals surface area contributed by atoms with Crippen LogP contribution < -0.4 is 5.73 Å². The van der Waals surface area contributed by atoms with Crippen LogP contribution in [0.1, 0.15) is 21.1 Å². The molecule has 2 nitrogen and oxygen atoms in total. The molecule has 0 amide bonds. The quantitative estimate of drug-likeness (QED) is 0.906. The normalized spacial score (nSPS) is 10.8. The Kier molecular flexibility index (Phi) is 3.86. The highest BCUT2D eigenvalue weighted by Crippen LogP contribution is 2.22. The molecule has 0 aliphatic heterocycles. The number of nitrogens with two attached hydrogens (primary N) is 1. The molecule has 0 saturated carbocycles.